The van der Waals surface area contributed by atoms with Gasteiger partial charge in [0.25, 0.3) is 0 Å². The SMILES string of the molecule is CC(=O)c1c([C@@H]2CC3CC[C@@H](C2)N3C(=O)CO)nc2c(-c3ccc(-c4cc(F)cc(F)c4)nc3)cnn2c1N. The predicted octanol–water partition coefficient (Wildman–Crippen LogP) is 3.75. The van der Waals surface area contributed by atoms with Crippen LogP contribution in [0.3, 0.4) is 0 Å². The summed E-state index contributed by atoms with van der Waals surface area (Å²) >= 11 is 0. The van der Waals surface area contributed by atoms with Crippen LogP contribution in [-0.4, -0.2) is 60.0 Å². The molecule has 1 aromatic carbocycles. The molecule has 3 N–H and O–H groups in total. The van der Waals surface area contributed by atoms with Gasteiger partial charge in [-0.25, -0.2) is 13.8 Å². The van der Waals surface area contributed by atoms with E-state index in [1.807, 2.05) is 0 Å². The van der Waals surface area contributed by atoms with Crippen molar-refractivity contribution in [1.82, 2.24) is 24.5 Å². The molecular formula is C28H26F2N6O3. The first kappa shape index (κ1) is 25.1. The minimum absolute atomic E-state index is 0.0266. The number of ketones is 1. The van der Waals surface area contributed by atoms with Gasteiger partial charge in [0.05, 0.1) is 23.1 Å². The van der Waals surface area contributed by atoms with E-state index in [4.69, 9.17) is 10.7 Å². The molecule has 6 rings (SSSR count). The number of benzene rings is 1. The Labute approximate surface area is 222 Å². The van der Waals surface area contributed by atoms with Crippen molar-refractivity contribution in [2.24, 2.45) is 0 Å². The van der Waals surface area contributed by atoms with Crippen LogP contribution in [0.2, 0.25) is 0 Å². The number of hydrogen-bond acceptors (Lipinski definition) is 7. The van der Waals surface area contributed by atoms with Gasteiger partial charge in [0.2, 0.25) is 5.91 Å². The lowest BCUT2D eigenvalue weighted by molar-refractivity contribution is -0.138. The van der Waals surface area contributed by atoms with Crippen LogP contribution < -0.4 is 5.73 Å². The Morgan fingerprint density at radius 3 is 2.33 bits per heavy atom. The Hall–Kier alpha value is -4.25. The number of aliphatic hydroxyl groups is 1. The molecule has 11 heteroatoms. The number of nitrogens with two attached hydrogens (primary N) is 1. The Morgan fingerprint density at radius 2 is 1.74 bits per heavy atom. The second-order valence-electron chi connectivity index (χ2n) is 10.2. The van der Waals surface area contributed by atoms with Gasteiger partial charge in [-0.05, 0) is 50.8 Å². The van der Waals surface area contributed by atoms with Crippen LogP contribution in [0.5, 0.6) is 0 Å². The van der Waals surface area contributed by atoms with Gasteiger partial charge < -0.3 is 15.7 Å². The van der Waals surface area contributed by atoms with Crippen LogP contribution in [0, 0.1) is 11.6 Å². The summed E-state index contributed by atoms with van der Waals surface area (Å²) in [5.74, 6) is -1.77. The van der Waals surface area contributed by atoms with Crippen molar-refractivity contribution in [3.05, 3.63) is 65.6 Å². The normalized spacial score (nSPS) is 20.5. The first-order valence-electron chi connectivity index (χ1n) is 12.8. The number of fused-ring (bicyclic) bond motifs is 3. The smallest absolute Gasteiger partial charge is 0.248 e. The number of amides is 1. The second-order valence-corrected chi connectivity index (χ2v) is 10.2. The molecule has 39 heavy (non-hydrogen) atoms. The maximum Gasteiger partial charge on any atom is 0.248 e. The number of aliphatic hydroxyl groups excluding tert-OH is 1. The van der Waals surface area contributed by atoms with E-state index in [0.717, 1.165) is 18.9 Å². The number of carbonyl (C=O) groups is 2. The fourth-order valence-electron chi connectivity index (χ4n) is 6.21. The number of rotatable bonds is 5. The molecule has 2 aliphatic rings. The lowest BCUT2D eigenvalue weighted by Crippen LogP contribution is -2.47. The Balaban J connectivity index is 1.40. The third-order valence-corrected chi connectivity index (χ3v) is 7.84. The molecule has 5 heterocycles. The van der Waals surface area contributed by atoms with Crippen LogP contribution in [0.15, 0.2) is 42.7 Å². The number of pyridine rings is 1. The van der Waals surface area contributed by atoms with E-state index in [0.29, 0.717) is 52.1 Å². The summed E-state index contributed by atoms with van der Waals surface area (Å²) in [6.45, 7) is 0.928. The summed E-state index contributed by atoms with van der Waals surface area (Å²) in [5, 5.41) is 13.8. The Morgan fingerprint density at radius 1 is 1.05 bits per heavy atom. The Bertz CT molecular complexity index is 1590. The van der Waals surface area contributed by atoms with Crippen molar-refractivity contribution in [3.63, 3.8) is 0 Å². The highest BCUT2D eigenvalue weighted by atomic mass is 19.1. The van der Waals surface area contributed by atoms with Crippen LogP contribution in [0.25, 0.3) is 28.0 Å². The maximum absolute atomic E-state index is 13.7. The highest BCUT2D eigenvalue weighted by molar-refractivity contribution is 6.00. The number of nitrogens with zero attached hydrogens (tertiary/aromatic N) is 5. The van der Waals surface area contributed by atoms with Crippen molar-refractivity contribution in [2.45, 2.75) is 50.6 Å². The summed E-state index contributed by atoms with van der Waals surface area (Å²) in [7, 11) is 0. The molecule has 2 fully saturated rings. The number of nitrogen functional groups attached to an aromatic ring is 1. The van der Waals surface area contributed by atoms with E-state index in [1.54, 1.807) is 29.4 Å². The molecule has 0 aliphatic carbocycles. The minimum atomic E-state index is -0.688. The molecule has 0 saturated carbocycles. The molecule has 1 unspecified atom stereocenters. The number of halogens is 2. The van der Waals surface area contributed by atoms with E-state index in [1.165, 1.54) is 23.6 Å². The number of anilines is 1. The van der Waals surface area contributed by atoms with Gasteiger partial charge >= 0.3 is 0 Å². The van der Waals surface area contributed by atoms with E-state index < -0.39 is 18.2 Å². The second kappa shape index (κ2) is 9.49. The van der Waals surface area contributed by atoms with Gasteiger partial charge in [0, 0.05) is 47.0 Å². The molecule has 2 aliphatic heterocycles. The number of aromatic nitrogens is 4. The zero-order chi connectivity index (χ0) is 27.4. The highest BCUT2D eigenvalue weighted by Crippen LogP contribution is 2.44. The molecule has 0 spiro atoms. The molecule has 200 valence electrons. The summed E-state index contributed by atoms with van der Waals surface area (Å²) in [6, 6.07) is 6.60. The van der Waals surface area contributed by atoms with Gasteiger partial charge in [0.15, 0.2) is 11.4 Å². The fraction of sp³-hybridized carbons (Fsp3) is 0.321. The summed E-state index contributed by atoms with van der Waals surface area (Å²) < 4.78 is 28.8. The number of carbonyl (C=O) groups excluding carboxylic acids is 2. The summed E-state index contributed by atoms with van der Waals surface area (Å²) in [4.78, 5) is 36.2. The zero-order valence-electron chi connectivity index (χ0n) is 21.1. The van der Waals surface area contributed by atoms with Gasteiger partial charge in [-0.15, -0.1) is 0 Å². The van der Waals surface area contributed by atoms with E-state index in [2.05, 4.69) is 10.1 Å². The molecule has 4 aromatic rings. The van der Waals surface area contributed by atoms with Crippen molar-refractivity contribution in [1.29, 1.82) is 0 Å². The molecular weight excluding hydrogens is 506 g/mol. The number of piperidine rings is 1. The summed E-state index contributed by atoms with van der Waals surface area (Å²) in [6.07, 6.45) is 6.09. The molecule has 0 radical (unpaired) electrons. The van der Waals surface area contributed by atoms with E-state index in [-0.39, 0.29) is 35.5 Å². The lowest BCUT2D eigenvalue weighted by atomic mass is 9.85. The zero-order valence-corrected chi connectivity index (χ0v) is 21.1. The van der Waals surface area contributed by atoms with E-state index in [9.17, 15) is 23.5 Å². The molecule has 3 aromatic heterocycles. The third-order valence-electron chi connectivity index (χ3n) is 7.84. The van der Waals surface area contributed by atoms with Crippen LogP contribution in [0.4, 0.5) is 14.6 Å². The molecule has 3 atom stereocenters. The van der Waals surface area contributed by atoms with Gasteiger partial charge in [-0.1, -0.05) is 6.07 Å². The number of hydrogen-bond donors (Lipinski definition) is 2. The highest BCUT2D eigenvalue weighted by Gasteiger charge is 2.44. The Kier molecular flexibility index (Phi) is 6.10. The van der Waals surface area contributed by atoms with Gasteiger partial charge in [0.1, 0.15) is 24.1 Å². The standard InChI is InChI=1S/C28H26F2N6O3/c1-14(38)25-26(17-8-20-3-4-21(9-17)35(20)24(39)13-37)34-28-22(12-33-36(28)27(25)31)15-2-5-23(32-11-15)16-6-18(29)10-19(30)7-16/h2,5-7,10-12,17,20-21,37H,3-4,8-9,13,31H2,1H3/t17-,20-,21?/m0/s1. The third kappa shape index (κ3) is 4.22. The monoisotopic (exact) mass is 532 g/mol. The minimum Gasteiger partial charge on any atom is -0.387 e. The maximum atomic E-state index is 13.7. The lowest BCUT2D eigenvalue weighted by Gasteiger charge is -2.39. The largest absolute Gasteiger partial charge is 0.387 e. The number of Topliss-reactive ketones (excluding diaryl/α,β-unsaturated/α-hetero) is 1. The first-order valence-corrected chi connectivity index (χ1v) is 12.8. The molecule has 1 amide bonds. The van der Waals surface area contributed by atoms with Crippen LogP contribution in [0.1, 0.15) is 54.6 Å². The average molecular weight is 533 g/mol. The van der Waals surface area contributed by atoms with Crippen LogP contribution in [-0.2, 0) is 4.79 Å². The molecule has 9 nitrogen and oxygen atoms in total. The predicted molar refractivity (Wildman–Crippen MR) is 139 cm³/mol. The van der Waals surface area contributed by atoms with Crippen molar-refractivity contribution < 1.29 is 23.5 Å². The molecule has 2 bridgehead atoms. The quantitative estimate of drug-likeness (QED) is 0.375. The van der Waals surface area contributed by atoms with Crippen molar-refractivity contribution in [3.8, 4) is 22.4 Å². The summed E-state index contributed by atoms with van der Waals surface area (Å²) in [5.41, 5.74) is 9.88. The van der Waals surface area contributed by atoms with Crippen molar-refractivity contribution in [2.75, 3.05) is 12.3 Å². The average Bonchev–Trinajstić information content (AvgIpc) is 3.45. The van der Waals surface area contributed by atoms with E-state index >= 15 is 0 Å². The van der Waals surface area contributed by atoms with Crippen molar-refractivity contribution >= 4 is 23.2 Å². The fourth-order valence-corrected chi connectivity index (χ4v) is 6.21. The first-order chi connectivity index (χ1) is 18.7. The topological polar surface area (TPSA) is 127 Å². The van der Waals surface area contributed by atoms with Crippen LogP contribution >= 0.6 is 0 Å². The van der Waals surface area contributed by atoms with Gasteiger partial charge in [-0.2, -0.15) is 9.61 Å². The molecule has 2 saturated heterocycles. The van der Waals surface area contributed by atoms with Gasteiger partial charge in [-0.3, -0.25) is 14.6 Å².